The minimum Gasteiger partial charge on any atom is -0.493 e. The maximum absolute atomic E-state index is 13.7. The Morgan fingerprint density at radius 1 is 0.917 bits per heavy atom. The highest BCUT2D eigenvalue weighted by Gasteiger charge is 2.29. The maximum Gasteiger partial charge on any atom is 0.409 e. The Hall–Kier alpha value is -4.01. The highest BCUT2D eigenvalue weighted by Crippen LogP contribution is 2.34. The van der Waals surface area contributed by atoms with Gasteiger partial charge >= 0.3 is 6.09 Å². The lowest BCUT2D eigenvalue weighted by molar-refractivity contribution is 0.0531. The highest BCUT2D eigenvalue weighted by atomic mass is 16.6. The first-order valence-corrected chi connectivity index (χ1v) is 12.0. The number of rotatable bonds is 7. The van der Waals surface area contributed by atoms with Gasteiger partial charge in [0.1, 0.15) is 0 Å². The van der Waals surface area contributed by atoms with Gasteiger partial charge in [0.25, 0.3) is 5.91 Å². The van der Waals surface area contributed by atoms with Crippen LogP contribution in [0.1, 0.15) is 24.3 Å². The Kier molecular flexibility index (Phi) is 7.77. The molecule has 2 heterocycles. The SMILES string of the molecule is COc1ccc(-c2cn(-c3ccccc3)nc2C(=O)N2CCN(C(=O)OCC(C)C)CC2)cc1OC. The van der Waals surface area contributed by atoms with Gasteiger partial charge < -0.3 is 24.0 Å². The van der Waals surface area contributed by atoms with E-state index in [-0.39, 0.29) is 17.9 Å². The smallest absolute Gasteiger partial charge is 0.409 e. The first-order valence-electron chi connectivity index (χ1n) is 12.0. The number of nitrogens with zero attached hydrogens (tertiary/aromatic N) is 4. The van der Waals surface area contributed by atoms with Crippen molar-refractivity contribution in [3.8, 4) is 28.3 Å². The van der Waals surface area contributed by atoms with Crippen molar-refractivity contribution < 1.29 is 23.8 Å². The molecule has 2 amide bonds. The van der Waals surface area contributed by atoms with Crippen molar-refractivity contribution in [3.63, 3.8) is 0 Å². The predicted octanol–water partition coefficient (Wildman–Crippen LogP) is 4.11. The molecule has 0 radical (unpaired) electrons. The van der Waals surface area contributed by atoms with Gasteiger partial charge in [0.15, 0.2) is 17.2 Å². The van der Waals surface area contributed by atoms with E-state index >= 15 is 0 Å². The van der Waals surface area contributed by atoms with Gasteiger partial charge in [0.2, 0.25) is 0 Å². The standard InChI is InChI=1S/C27H32N4O5/c1-19(2)18-36-27(33)30-14-12-29(13-15-30)26(32)25-22(17-31(28-25)21-8-6-5-7-9-21)20-10-11-23(34-3)24(16-20)35-4/h5-11,16-17,19H,12-15,18H2,1-4H3. The molecule has 1 aliphatic heterocycles. The molecule has 0 bridgehead atoms. The zero-order valence-corrected chi connectivity index (χ0v) is 21.1. The van der Waals surface area contributed by atoms with Crippen molar-refractivity contribution in [3.05, 3.63) is 60.4 Å². The minimum atomic E-state index is -0.338. The van der Waals surface area contributed by atoms with Gasteiger partial charge in [-0.25, -0.2) is 9.48 Å². The van der Waals surface area contributed by atoms with Crippen molar-refractivity contribution in [1.82, 2.24) is 19.6 Å². The molecule has 36 heavy (non-hydrogen) atoms. The Labute approximate surface area is 211 Å². The number of carbonyl (C=O) groups is 2. The lowest BCUT2D eigenvalue weighted by atomic mass is 10.0. The molecule has 0 aliphatic carbocycles. The summed E-state index contributed by atoms with van der Waals surface area (Å²) in [4.78, 5) is 29.4. The van der Waals surface area contributed by atoms with Gasteiger partial charge in [0.05, 0.1) is 26.5 Å². The number of hydrogen-bond donors (Lipinski definition) is 0. The Morgan fingerprint density at radius 3 is 2.22 bits per heavy atom. The van der Waals surface area contributed by atoms with E-state index in [1.165, 1.54) is 0 Å². The lowest BCUT2D eigenvalue weighted by Gasteiger charge is -2.34. The molecule has 190 valence electrons. The molecule has 0 atom stereocenters. The van der Waals surface area contributed by atoms with Crippen molar-refractivity contribution in [2.75, 3.05) is 47.0 Å². The molecule has 1 fully saturated rings. The molecule has 2 aromatic carbocycles. The van der Waals surface area contributed by atoms with E-state index in [0.717, 1.165) is 11.3 Å². The molecule has 0 saturated carbocycles. The summed E-state index contributed by atoms with van der Waals surface area (Å²) >= 11 is 0. The van der Waals surface area contributed by atoms with Crippen LogP contribution < -0.4 is 9.47 Å². The molecular weight excluding hydrogens is 460 g/mol. The van der Waals surface area contributed by atoms with Crippen LogP contribution in [0.5, 0.6) is 11.5 Å². The second-order valence-electron chi connectivity index (χ2n) is 8.99. The second kappa shape index (κ2) is 11.2. The topological polar surface area (TPSA) is 86.1 Å². The second-order valence-corrected chi connectivity index (χ2v) is 8.99. The molecule has 1 saturated heterocycles. The number of amides is 2. The lowest BCUT2D eigenvalue weighted by Crippen LogP contribution is -2.51. The largest absolute Gasteiger partial charge is 0.493 e. The van der Waals surface area contributed by atoms with Gasteiger partial charge in [-0.3, -0.25) is 4.79 Å². The van der Waals surface area contributed by atoms with Crippen LogP contribution in [-0.2, 0) is 4.74 Å². The zero-order valence-electron chi connectivity index (χ0n) is 21.1. The van der Waals surface area contributed by atoms with Crippen LogP contribution in [-0.4, -0.2) is 78.6 Å². The molecule has 3 aromatic rings. The van der Waals surface area contributed by atoms with Gasteiger partial charge in [-0.05, 0) is 35.7 Å². The number of hydrogen-bond acceptors (Lipinski definition) is 6. The van der Waals surface area contributed by atoms with Gasteiger partial charge in [0, 0.05) is 37.9 Å². The maximum atomic E-state index is 13.7. The van der Waals surface area contributed by atoms with Gasteiger partial charge in [-0.2, -0.15) is 5.10 Å². The average Bonchev–Trinajstić information content (AvgIpc) is 3.37. The van der Waals surface area contributed by atoms with E-state index in [0.29, 0.717) is 55.5 Å². The number of methoxy groups -OCH3 is 2. The Bertz CT molecular complexity index is 1200. The molecule has 1 aliphatic rings. The quantitative estimate of drug-likeness (QED) is 0.494. The van der Waals surface area contributed by atoms with E-state index in [2.05, 4.69) is 5.10 Å². The molecular formula is C27H32N4O5. The molecule has 4 rings (SSSR count). The highest BCUT2D eigenvalue weighted by molar-refractivity contribution is 5.99. The number of ether oxygens (including phenoxy) is 3. The molecule has 1 aromatic heterocycles. The van der Waals surface area contributed by atoms with Crippen LogP contribution in [0, 0.1) is 5.92 Å². The van der Waals surface area contributed by atoms with E-state index in [4.69, 9.17) is 14.2 Å². The average molecular weight is 493 g/mol. The van der Waals surface area contributed by atoms with Crippen LogP contribution in [0.15, 0.2) is 54.7 Å². The Balaban J connectivity index is 1.60. The van der Waals surface area contributed by atoms with Crippen LogP contribution in [0.3, 0.4) is 0 Å². The monoisotopic (exact) mass is 492 g/mol. The third kappa shape index (κ3) is 5.45. The van der Waals surface area contributed by atoms with E-state index < -0.39 is 0 Å². The molecule has 0 spiro atoms. The number of carbonyl (C=O) groups excluding carboxylic acids is 2. The van der Waals surface area contributed by atoms with Crippen LogP contribution >= 0.6 is 0 Å². The third-order valence-corrected chi connectivity index (χ3v) is 6.00. The normalized spacial score (nSPS) is 13.6. The summed E-state index contributed by atoms with van der Waals surface area (Å²) in [5, 5.41) is 4.68. The summed E-state index contributed by atoms with van der Waals surface area (Å²) in [7, 11) is 3.16. The first-order chi connectivity index (χ1) is 17.4. The predicted molar refractivity (Wildman–Crippen MR) is 136 cm³/mol. The molecule has 0 N–H and O–H groups in total. The third-order valence-electron chi connectivity index (χ3n) is 6.00. The zero-order chi connectivity index (χ0) is 25.7. The van der Waals surface area contributed by atoms with Gasteiger partial charge in [-0.15, -0.1) is 0 Å². The van der Waals surface area contributed by atoms with E-state index in [1.807, 2.05) is 68.6 Å². The number of para-hydroxylation sites is 1. The summed E-state index contributed by atoms with van der Waals surface area (Å²) in [6, 6.07) is 15.2. The van der Waals surface area contributed by atoms with Crippen LogP contribution in [0.4, 0.5) is 4.79 Å². The van der Waals surface area contributed by atoms with Crippen molar-refractivity contribution in [2.45, 2.75) is 13.8 Å². The van der Waals surface area contributed by atoms with E-state index in [1.54, 1.807) is 28.7 Å². The van der Waals surface area contributed by atoms with Crippen molar-refractivity contribution >= 4 is 12.0 Å². The van der Waals surface area contributed by atoms with Gasteiger partial charge in [-0.1, -0.05) is 38.1 Å². The number of benzene rings is 2. The van der Waals surface area contributed by atoms with E-state index in [9.17, 15) is 9.59 Å². The fourth-order valence-electron chi connectivity index (χ4n) is 4.03. The molecule has 0 unspecified atom stereocenters. The molecule has 9 heteroatoms. The fourth-order valence-corrected chi connectivity index (χ4v) is 4.03. The van der Waals surface area contributed by atoms with Crippen molar-refractivity contribution in [1.29, 1.82) is 0 Å². The summed E-state index contributed by atoms with van der Waals surface area (Å²) in [6.45, 7) is 5.99. The summed E-state index contributed by atoms with van der Waals surface area (Å²) in [5.41, 5.74) is 2.65. The Morgan fingerprint density at radius 2 is 1.58 bits per heavy atom. The number of aromatic nitrogens is 2. The summed E-state index contributed by atoms with van der Waals surface area (Å²) in [6.07, 6.45) is 1.51. The fraction of sp³-hybridized carbons (Fsp3) is 0.370. The molecule has 9 nitrogen and oxygen atoms in total. The first kappa shape index (κ1) is 25.1. The summed E-state index contributed by atoms with van der Waals surface area (Å²) < 4.78 is 17.9. The van der Waals surface area contributed by atoms with Crippen LogP contribution in [0.25, 0.3) is 16.8 Å². The van der Waals surface area contributed by atoms with Crippen molar-refractivity contribution in [2.24, 2.45) is 5.92 Å². The number of piperazine rings is 1. The van der Waals surface area contributed by atoms with Crippen LogP contribution in [0.2, 0.25) is 0 Å². The summed E-state index contributed by atoms with van der Waals surface area (Å²) in [5.74, 6) is 1.25. The minimum absolute atomic E-state index is 0.190.